The molecule has 0 spiro atoms. The van der Waals surface area contributed by atoms with Crippen LogP contribution in [-0.2, 0) is 4.79 Å². The van der Waals surface area contributed by atoms with E-state index in [4.69, 9.17) is 0 Å². The molecule has 2 aliphatic rings. The number of hydrogen-bond donors (Lipinski definition) is 2. The lowest BCUT2D eigenvalue weighted by atomic mass is 9.74. The minimum atomic E-state index is 0.0549. The number of hydrogen-bond acceptors (Lipinski definition) is 2. The summed E-state index contributed by atoms with van der Waals surface area (Å²) in [6.45, 7) is 3.18. The molecule has 2 N–H and O–H groups in total. The summed E-state index contributed by atoms with van der Waals surface area (Å²) in [5.74, 6) is 0.244. The van der Waals surface area contributed by atoms with Gasteiger partial charge in [-0.1, -0.05) is 26.2 Å². The van der Waals surface area contributed by atoms with Gasteiger partial charge in [-0.3, -0.25) is 4.79 Å². The van der Waals surface area contributed by atoms with Crippen molar-refractivity contribution < 1.29 is 4.79 Å². The predicted octanol–water partition coefficient (Wildman–Crippen LogP) is 2.36. The first-order valence-electron chi connectivity index (χ1n) is 7.31. The van der Waals surface area contributed by atoms with Gasteiger partial charge in [0.2, 0.25) is 5.91 Å². The molecule has 0 bridgehead atoms. The molecule has 3 nitrogen and oxygen atoms in total. The Morgan fingerprint density at radius 2 is 2.00 bits per heavy atom. The van der Waals surface area contributed by atoms with Gasteiger partial charge < -0.3 is 10.6 Å². The van der Waals surface area contributed by atoms with E-state index in [0.29, 0.717) is 0 Å². The molecule has 1 saturated carbocycles. The van der Waals surface area contributed by atoms with Crippen LogP contribution in [0.15, 0.2) is 0 Å². The molecule has 3 heteroatoms. The van der Waals surface area contributed by atoms with E-state index >= 15 is 0 Å². The van der Waals surface area contributed by atoms with Gasteiger partial charge in [-0.2, -0.15) is 0 Å². The van der Waals surface area contributed by atoms with E-state index in [1.807, 2.05) is 0 Å². The van der Waals surface area contributed by atoms with Gasteiger partial charge in [-0.15, -0.1) is 0 Å². The van der Waals surface area contributed by atoms with E-state index in [1.54, 1.807) is 0 Å². The smallest absolute Gasteiger partial charge is 0.237 e. The van der Waals surface area contributed by atoms with E-state index < -0.39 is 0 Å². The summed E-state index contributed by atoms with van der Waals surface area (Å²) in [5, 5.41) is 6.70. The maximum Gasteiger partial charge on any atom is 0.237 e. The Balaban J connectivity index is 1.84. The van der Waals surface area contributed by atoms with Crippen LogP contribution in [0.1, 0.15) is 64.7 Å². The van der Waals surface area contributed by atoms with Gasteiger partial charge in [0, 0.05) is 5.54 Å². The van der Waals surface area contributed by atoms with Crippen molar-refractivity contribution in [3.63, 3.8) is 0 Å². The molecule has 1 amide bonds. The molecule has 0 aromatic carbocycles. The molecule has 2 rings (SSSR count). The maximum atomic E-state index is 12.3. The van der Waals surface area contributed by atoms with Gasteiger partial charge >= 0.3 is 0 Å². The van der Waals surface area contributed by atoms with Crippen molar-refractivity contribution in [3.05, 3.63) is 0 Å². The van der Waals surface area contributed by atoms with Crippen molar-refractivity contribution in [1.82, 2.24) is 10.6 Å². The van der Waals surface area contributed by atoms with Gasteiger partial charge in [-0.25, -0.2) is 0 Å². The van der Waals surface area contributed by atoms with E-state index in [0.717, 1.165) is 19.4 Å². The number of amides is 1. The van der Waals surface area contributed by atoms with Crippen LogP contribution in [0.2, 0.25) is 0 Å². The molecule has 1 aliphatic carbocycles. The molecule has 0 aromatic rings. The van der Waals surface area contributed by atoms with Crippen LogP contribution in [0.25, 0.3) is 0 Å². The van der Waals surface area contributed by atoms with Crippen molar-refractivity contribution in [2.45, 2.75) is 76.3 Å². The Kier molecular flexibility index (Phi) is 4.43. The fourth-order valence-electron chi connectivity index (χ4n) is 2.95. The monoisotopic (exact) mass is 238 g/mol. The zero-order valence-corrected chi connectivity index (χ0v) is 11.1. The first-order chi connectivity index (χ1) is 8.26. The summed E-state index contributed by atoms with van der Waals surface area (Å²) >= 11 is 0. The molecular weight excluding hydrogens is 212 g/mol. The Labute approximate surface area is 105 Å². The third-order valence-electron chi connectivity index (χ3n) is 4.50. The van der Waals surface area contributed by atoms with Gasteiger partial charge in [0.25, 0.3) is 0 Å². The molecule has 17 heavy (non-hydrogen) atoms. The topological polar surface area (TPSA) is 41.1 Å². The van der Waals surface area contributed by atoms with Crippen molar-refractivity contribution >= 4 is 5.91 Å². The molecule has 1 saturated heterocycles. The normalized spacial score (nSPS) is 28.6. The van der Waals surface area contributed by atoms with E-state index in [-0.39, 0.29) is 17.5 Å². The van der Waals surface area contributed by atoms with Gasteiger partial charge in [-0.05, 0) is 45.1 Å². The molecule has 1 atom stereocenters. The fraction of sp³-hybridized carbons (Fsp3) is 0.929. The van der Waals surface area contributed by atoms with E-state index in [2.05, 4.69) is 17.6 Å². The molecule has 98 valence electrons. The van der Waals surface area contributed by atoms with Crippen molar-refractivity contribution in [2.75, 3.05) is 6.54 Å². The second-order valence-corrected chi connectivity index (χ2v) is 5.69. The lowest BCUT2D eigenvalue weighted by Crippen LogP contribution is -2.58. The third-order valence-corrected chi connectivity index (χ3v) is 4.50. The molecule has 0 aromatic heterocycles. The maximum absolute atomic E-state index is 12.3. The van der Waals surface area contributed by atoms with Crippen LogP contribution in [-0.4, -0.2) is 24.0 Å². The molecule has 2 fully saturated rings. The molecule has 1 unspecified atom stereocenters. The summed E-state index contributed by atoms with van der Waals surface area (Å²) in [6, 6.07) is 0.0549. The second kappa shape index (κ2) is 5.85. The lowest BCUT2D eigenvalue weighted by molar-refractivity contribution is -0.126. The Morgan fingerprint density at radius 1 is 1.24 bits per heavy atom. The predicted molar refractivity (Wildman–Crippen MR) is 69.9 cm³/mol. The zero-order valence-electron chi connectivity index (χ0n) is 11.1. The Hall–Kier alpha value is -0.570. The van der Waals surface area contributed by atoms with E-state index in [1.165, 1.54) is 44.9 Å². The van der Waals surface area contributed by atoms with Gasteiger partial charge in [0.1, 0.15) is 0 Å². The van der Waals surface area contributed by atoms with Crippen LogP contribution in [0, 0.1) is 0 Å². The highest BCUT2D eigenvalue weighted by atomic mass is 16.2. The zero-order chi connectivity index (χ0) is 12.1. The number of rotatable bonds is 3. The van der Waals surface area contributed by atoms with Crippen LogP contribution in [0.5, 0.6) is 0 Å². The summed E-state index contributed by atoms with van der Waals surface area (Å²) in [6.07, 6.45) is 10.7. The van der Waals surface area contributed by atoms with Crippen LogP contribution in [0.3, 0.4) is 0 Å². The van der Waals surface area contributed by atoms with Gasteiger partial charge in [0.15, 0.2) is 0 Å². The standard InChI is InChI=1S/C14H26N2O/c1-2-14(9-7-10-14)16-13(17)12-8-5-3-4-6-11-15-12/h12,15H,2-11H2,1H3,(H,16,17). The summed E-state index contributed by atoms with van der Waals surface area (Å²) in [5.41, 5.74) is 0.140. The quantitative estimate of drug-likeness (QED) is 0.792. The Bertz CT molecular complexity index is 247. The summed E-state index contributed by atoms with van der Waals surface area (Å²) in [4.78, 5) is 12.3. The number of nitrogens with one attached hydrogen (secondary N) is 2. The van der Waals surface area contributed by atoms with Crippen LogP contribution in [0.4, 0.5) is 0 Å². The average molecular weight is 238 g/mol. The van der Waals surface area contributed by atoms with Gasteiger partial charge in [0.05, 0.1) is 6.04 Å². The summed E-state index contributed by atoms with van der Waals surface area (Å²) in [7, 11) is 0. The third kappa shape index (κ3) is 3.21. The minimum absolute atomic E-state index is 0.0549. The molecule has 0 radical (unpaired) electrons. The number of carbonyl (C=O) groups excluding carboxylic acids is 1. The summed E-state index contributed by atoms with van der Waals surface area (Å²) < 4.78 is 0. The van der Waals surface area contributed by atoms with Crippen LogP contribution >= 0.6 is 0 Å². The van der Waals surface area contributed by atoms with Crippen molar-refractivity contribution in [3.8, 4) is 0 Å². The average Bonchev–Trinajstić information content (AvgIpc) is 2.22. The molecule has 1 aliphatic heterocycles. The Morgan fingerprint density at radius 3 is 2.65 bits per heavy atom. The highest BCUT2D eigenvalue weighted by Gasteiger charge is 2.37. The molecule has 1 heterocycles. The first-order valence-corrected chi connectivity index (χ1v) is 7.31. The highest BCUT2D eigenvalue weighted by Crippen LogP contribution is 2.34. The largest absolute Gasteiger partial charge is 0.349 e. The molecular formula is C14H26N2O. The lowest BCUT2D eigenvalue weighted by Gasteiger charge is -2.43. The first kappa shape index (κ1) is 12.9. The van der Waals surface area contributed by atoms with Crippen molar-refractivity contribution in [2.24, 2.45) is 0 Å². The SMILES string of the molecule is CCC1(NC(=O)C2CCCCCCN2)CCC1. The van der Waals surface area contributed by atoms with E-state index in [9.17, 15) is 4.79 Å². The van der Waals surface area contributed by atoms with Crippen LogP contribution < -0.4 is 10.6 Å². The second-order valence-electron chi connectivity index (χ2n) is 5.69. The fourth-order valence-corrected chi connectivity index (χ4v) is 2.95. The van der Waals surface area contributed by atoms with Crippen molar-refractivity contribution in [1.29, 1.82) is 0 Å². The number of carbonyl (C=O) groups is 1. The highest BCUT2D eigenvalue weighted by molar-refractivity contribution is 5.82. The minimum Gasteiger partial charge on any atom is -0.349 e.